The summed E-state index contributed by atoms with van der Waals surface area (Å²) in [7, 11) is -3.05. The minimum absolute atomic E-state index is 0.132. The summed E-state index contributed by atoms with van der Waals surface area (Å²) in [5.41, 5.74) is 0. The minimum atomic E-state index is -3.05. The van der Waals surface area contributed by atoms with Gasteiger partial charge < -0.3 is 9.73 Å². The van der Waals surface area contributed by atoms with Gasteiger partial charge in [-0.3, -0.25) is 0 Å². The van der Waals surface area contributed by atoms with Gasteiger partial charge in [0.05, 0.1) is 18.6 Å². The lowest BCUT2D eigenvalue weighted by Gasteiger charge is -2.04. The molecule has 0 aromatic carbocycles. The Bertz CT molecular complexity index is 373. The van der Waals surface area contributed by atoms with Crippen LogP contribution in [0.3, 0.4) is 0 Å². The molecule has 0 atom stereocenters. The van der Waals surface area contributed by atoms with Gasteiger partial charge >= 0.3 is 0 Å². The monoisotopic (exact) mass is 246 g/mol. The molecule has 1 aromatic rings. The third kappa shape index (κ3) is 5.29. The molecule has 0 bridgehead atoms. The summed E-state index contributed by atoms with van der Waals surface area (Å²) in [6.07, 6.45) is 2.40. The molecular formula is C10H18N2O3S. The minimum Gasteiger partial charge on any atom is -0.468 e. The smallest absolute Gasteiger partial charge is 0.211 e. The van der Waals surface area contributed by atoms with E-state index in [1.165, 1.54) is 0 Å². The maximum Gasteiger partial charge on any atom is 0.211 e. The fourth-order valence-electron chi connectivity index (χ4n) is 1.17. The molecule has 0 unspecified atom stereocenters. The molecule has 0 aliphatic heterocycles. The summed E-state index contributed by atoms with van der Waals surface area (Å²) in [5, 5.41) is 3.16. The van der Waals surface area contributed by atoms with E-state index in [-0.39, 0.29) is 5.75 Å². The highest BCUT2D eigenvalue weighted by Gasteiger charge is 2.03. The second kappa shape index (κ2) is 6.67. The molecule has 92 valence electrons. The van der Waals surface area contributed by atoms with Gasteiger partial charge in [0.15, 0.2) is 0 Å². The highest BCUT2D eigenvalue weighted by Crippen LogP contribution is 1.98. The van der Waals surface area contributed by atoms with Crippen molar-refractivity contribution < 1.29 is 12.8 Å². The largest absolute Gasteiger partial charge is 0.468 e. The predicted molar refractivity (Wildman–Crippen MR) is 62.5 cm³/mol. The van der Waals surface area contributed by atoms with Crippen LogP contribution in [0.5, 0.6) is 0 Å². The number of nitrogens with one attached hydrogen (secondary N) is 2. The van der Waals surface area contributed by atoms with Crippen molar-refractivity contribution in [3.05, 3.63) is 24.2 Å². The van der Waals surface area contributed by atoms with Crippen LogP contribution in [0, 0.1) is 0 Å². The third-order valence-electron chi connectivity index (χ3n) is 2.11. The van der Waals surface area contributed by atoms with Gasteiger partial charge in [-0.2, -0.15) is 0 Å². The van der Waals surface area contributed by atoms with Crippen LogP contribution in [-0.4, -0.2) is 27.3 Å². The SMILES string of the molecule is CCS(=O)(=O)NCCCNCc1ccco1. The molecule has 2 N–H and O–H groups in total. The molecule has 0 spiro atoms. The summed E-state index contributed by atoms with van der Waals surface area (Å²) in [6.45, 7) is 3.53. The second-order valence-corrected chi connectivity index (χ2v) is 5.50. The molecule has 0 amide bonds. The van der Waals surface area contributed by atoms with Crippen molar-refractivity contribution in [3.63, 3.8) is 0 Å². The summed E-state index contributed by atoms with van der Waals surface area (Å²) in [4.78, 5) is 0. The van der Waals surface area contributed by atoms with E-state index in [2.05, 4.69) is 10.0 Å². The van der Waals surface area contributed by atoms with Crippen LogP contribution >= 0.6 is 0 Å². The molecule has 1 heterocycles. The van der Waals surface area contributed by atoms with Gasteiger partial charge in [0.1, 0.15) is 5.76 Å². The van der Waals surface area contributed by atoms with Crippen LogP contribution in [0.25, 0.3) is 0 Å². The Kier molecular flexibility index (Phi) is 5.51. The van der Waals surface area contributed by atoms with E-state index in [9.17, 15) is 8.42 Å². The fraction of sp³-hybridized carbons (Fsp3) is 0.600. The van der Waals surface area contributed by atoms with Gasteiger partial charge in [-0.1, -0.05) is 0 Å². The van der Waals surface area contributed by atoms with Crippen molar-refractivity contribution in [1.82, 2.24) is 10.0 Å². The molecule has 1 rings (SSSR count). The molecule has 0 aliphatic rings. The predicted octanol–water partition coefficient (Wildman–Crippen LogP) is 0.699. The van der Waals surface area contributed by atoms with Crippen LogP contribution in [0.4, 0.5) is 0 Å². The lowest BCUT2D eigenvalue weighted by molar-refractivity contribution is 0.480. The molecule has 0 fully saturated rings. The molecular weight excluding hydrogens is 228 g/mol. The van der Waals surface area contributed by atoms with Crippen molar-refractivity contribution in [3.8, 4) is 0 Å². The number of hydrogen-bond acceptors (Lipinski definition) is 4. The zero-order chi connectivity index (χ0) is 11.9. The van der Waals surface area contributed by atoms with Gasteiger partial charge in [-0.05, 0) is 32.0 Å². The molecule has 1 aromatic heterocycles. The van der Waals surface area contributed by atoms with Crippen LogP contribution in [0.1, 0.15) is 19.1 Å². The maximum atomic E-state index is 11.1. The summed E-state index contributed by atoms with van der Waals surface area (Å²) >= 11 is 0. The van der Waals surface area contributed by atoms with E-state index in [1.54, 1.807) is 13.2 Å². The topological polar surface area (TPSA) is 71.3 Å². The Morgan fingerprint density at radius 1 is 1.38 bits per heavy atom. The Morgan fingerprint density at radius 3 is 2.81 bits per heavy atom. The quantitative estimate of drug-likeness (QED) is 0.662. The Hall–Kier alpha value is -0.850. The van der Waals surface area contributed by atoms with E-state index in [4.69, 9.17) is 4.42 Å². The summed E-state index contributed by atoms with van der Waals surface area (Å²) < 4.78 is 29.8. The molecule has 0 saturated heterocycles. The van der Waals surface area contributed by atoms with Crippen LogP contribution < -0.4 is 10.0 Å². The van der Waals surface area contributed by atoms with Crippen LogP contribution in [0.2, 0.25) is 0 Å². The van der Waals surface area contributed by atoms with Gasteiger partial charge in [-0.25, -0.2) is 13.1 Å². The van der Waals surface area contributed by atoms with Crippen LogP contribution in [0.15, 0.2) is 22.8 Å². The van der Waals surface area contributed by atoms with Crippen molar-refractivity contribution in [2.24, 2.45) is 0 Å². The van der Waals surface area contributed by atoms with E-state index in [0.717, 1.165) is 18.7 Å². The first-order valence-corrected chi connectivity index (χ1v) is 6.99. The number of furan rings is 1. The zero-order valence-corrected chi connectivity index (χ0v) is 10.2. The van der Waals surface area contributed by atoms with Crippen molar-refractivity contribution >= 4 is 10.0 Å². The molecule has 0 saturated carbocycles. The van der Waals surface area contributed by atoms with Gasteiger partial charge in [0.25, 0.3) is 0 Å². The van der Waals surface area contributed by atoms with E-state index in [0.29, 0.717) is 13.1 Å². The first-order valence-electron chi connectivity index (χ1n) is 5.34. The average molecular weight is 246 g/mol. The van der Waals surface area contributed by atoms with Crippen molar-refractivity contribution in [1.29, 1.82) is 0 Å². The van der Waals surface area contributed by atoms with E-state index >= 15 is 0 Å². The Balaban J connectivity index is 2.01. The Morgan fingerprint density at radius 2 is 2.19 bits per heavy atom. The molecule has 5 nitrogen and oxygen atoms in total. The second-order valence-electron chi connectivity index (χ2n) is 3.41. The van der Waals surface area contributed by atoms with Gasteiger partial charge in [0, 0.05) is 6.54 Å². The summed E-state index contributed by atoms with van der Waals surface area (Å²) in [6, 6.07) is 3.74. The Labute approximate surface area is 96.3 Å². The highest BCUT2D eigenvalue weighted by atomic mass is 32.2. The van der Waals surface area contributed by atoms with Crippen molar-refractivity contribution in [2.75, 3.05) is 18.8 Å². The first-order chi connectivity index (χ1) is 7.64. The normalized spacial score (nSPS) is 11.8. The maximum absolute atomic E-state index is 11.1. The average Bonchev–Trinajstić information content (AvgIpc) is 2.76. The highest BCUT2D eigenvalue weighted by molar-refractivity contribution is 7.89. The number of hydrogen-bond donors (Lipinski definition) is 2. The lowest BCUT2D eigenvalue weighted by atomic mass is 10.4. The molecule has 6 heteroatoms. The fourth-order valence-corrected chi connectivity index (χ4v) is 1.83. The number of rotatable bonds is 8. The lowest BCUT2D eigenvalue weighted by Crippen LogP contribution is -2.28. The number of sulfonamides is 1. The standard InChI is InChI=1S/C10H18N2O3S/c1-2-16(13,14)12-7-4-6-11-9-10-5-3-8-15-10/h3,5,8,11-12H,2,4,6-7,9H2,1H3. The zero-order valence-electron chi connectivity index (χ0n) is 9.40. The van der Waals surface area contributed by atoms with Gasteiger partial charge in [0.2, 0.25) is 10.0 Å². The van der Waals surface area contributed by atoms with Gasteiger partial charge in [-0.15, -0.1) is 0 Å². The molecule has 16 heavy (non-hydrogen) atoms. The van der Waals surface area contributed by atoms with E-state index in [1.807, 2.05) is 12.1 Å². The van der Waals surface area contributed by atoms with Crippen molar-refractivity contribution in [2.45, 2.75) is 19.9 Å². The molecule has 0 radical (unpaired) electrons. The first kappa shape index (κ1) is 13.2. The van der Waals surface area contributed by atoms with E-state index < -0.39 is 10.0 Å². The third-order valence-corrected chi connectivity index (χ3v) is 3.52. The molecule has 0 aliphatic carbocycles. The van der Waals surface area contributed by atoms with Crippen LogP contribution in [-0.2, 0) is 16.6 Å². The summed E-state index contributed by atoms with van der Waals surface area (Å²) in [5.74, 6) is 1.02.